The normalized spacial score (nSPS) is 15.4. The van der Waals surface area contributed by atoms with Gasteiger partial charge >= 0.3 is 37.7 Å². The number of piperidine rings is 2. The Morgan fingerprint density at radius 1 is 0.613 bits per heavy atom. The van der Waals surface area contributed by atoms with Gasteiger partial charge in [-0.1, -0.05) is 62.8 Å². The molecule has 2 N–H and O–H groups in total. The number of nitrogens with one attached hydrogen (secondary N) is 2. The molecule has 0 atom stereocenters. The largest absolute Gasteiger partial charge is 2.00 e. The van der Waals surface area contributed by atoms with Gasteiger partial charge in [-0.3, -0.25) is 0 Å². The maximum absolute atomic E-state index is 4.18. The SMILES string of the molecule is C1CC[N-]CC1.C1CC[N-]CC1.C[NH+](C)Cc1ccc[n-]1.C[NH+](C)Cc1ccc[n-]1.[Ca+2]. The Kier molecular flexibility index (Phi) is 21.3. The zero-order valence-electron chi connectivity index (χ0n) is 20.4. The summed E-state index contributed by atoms with van der Waals surface area (Å²) in [6.07, 6.45) is 11.8. The standard InChI is InChI=1S/2C7H11N2.2C5H10N.Ca/c2*1-9(2)6-7-4-3-5-8-7;2*1-2-4-6-5-3-1;/h2*3-5H,6H2,1-2H3;2*1-5H2;/q4*-1;+2/p+2. The van der Waals surface area contributed by atoms with E-state index in [0.717, 1.165) is 39.3 Å². The van der Waals surface area contributed by atoms with Crippen molar-refractivity contribution in [3.8, 4) is 0 Å². The van der Waals surface area contributed by atoms with E-state index in [0.29, 0.717) is 0 Å². The molecule has 4 heterocycles. The van der Waals surface area contributed by atoms with Crippen molar-refractivity contribution in [3.63, 3.8) is 0 Å². The molecule has 2 aromatic heterocycles. The molecule has 0 aliphatic carbocycles. The predicted octanol–water partition coefficient (Wildman–Crippen LogP) is 1.28. The summed E-state index contributed by atoms with van der Waals surface area (Å²) in [4.78, 5) is 11.1. The second-order valence-electron chi connectivity index (χ2n) is 8.49. The molecule has 2 aromatic rings. The van der Waals surface area contributed by atoms with Crippen LogP contribution in [0.25, 0.3) is 10.6 Å². The van der Waals surface area contributed by atoms with Gasteiger partial charge in [0.15, 0.2) is 0 Å². The van der Waals surface area contributed by atoms with Crippen LogP contribution in [0, 0.1) is 0 Å². The molecular formula is C24H44CaN6. The first-order chi connectivity index (χ1) is 14.6. The summed E-state index contributed by atoms with van der Waals surface area (Å²) in [5, 5.41) is 8.35. The predicted molar refractivity (Wildman–Crippen MR) is 132 cm³/mol. The van der Waals surface area contributed by atoms with Crippen molar-refractivity contribution < 1.29 is 9.80 Å². The first-order valence-corrected chi connectivity index (χ1v) is 11.6. The Balaban J connectivity index is 0.000000389. The van der Waals surface area contributed by atoms with Crippen LogP contribution in [-0.4, -0.2) is 92.1 Å². The number of aromatic nitrogens is 2. The van der Waals surface area contributed by atoms with Crippen molar-refractivity contribution in [1.29, 1.82) is 0 Å². The fourth-order valence-electron chi connectivity index (χ4n) is 3.08. The van der Waals surface area contributed by atoms with Gasteiger partial charge in [0.2, 0.25) is 0 Å². The van der Waals surface area contributed by atoms with Crippen LogP contribution in [0.5, 0.6) is 0 Å². The molecule has 2 aliphatic heterocycles. The van der Waals surface area contributed by atoms with Crippen molar-refractivity contribution >= 4 is 37.7 Å². The summed E-state index contributed by atoms with van der Waals surface area (Å²) in [6.45, 7) is 6.54. The molecule has 0 radical (unpaired) electrons. The van der Waals surface area contributed by atoms with E-state index >= 15 is 0 Å². The van der Waals surface area contributed by atoms with E-state index in [9.17, 15) is 0 Å². The molecule has 0 unspecified atom stereocenters. The van der Waals surface area contributed by atoms with Gasteiger partial charge in [-0.2, -0.15) is 12.4 Å². The van der Waals surface area contributed by atoms with Crippen LogP contribution in [0.4, 0.5) is 0 Å². The van der Waals surface area contributed by atoms with Crippen LogP contribution in [-0.2, 0) is 13.1 Å². The topological polar surface area (TPSA) is 65.3 Å². The zero-order chi connectivity index (χ0) is 21.9. The Morgan fingerprint density at radius 2 is 0.968 bits per heavy atom. The average molecular weight is 457 g/mol. The first kappa shape index (κ1) is 30.7. The molecule has 0 bridgehead atoms. The van der Waals surface area contributed by atoms with Gasteiger partial charge in [-0.15, -0.1) is 37.6 Å². The summed E-state index contributed by atoms with van der Waals surface area (Å²) >= 11 is 0. The summed E-state index contributed by atoms with van der Waals surface area (Å²) in [5.41, 5.74) is 2.35. The van der Waals surface area contributed by atoms with Crippen LogP contribution in [0.15, 0.2) is 36.7 Å². The number of nitrogens with zero attached hydrogens (tertiary/aromatic N) is 4. The van der Waals surface area contributed by atoms with E-state index < -0.39 is 0 Å². The van der Waals surface area contributed by atoms with Gasteiger partial charge in [-0.25, -0.2) is 0 Å². The van der Waals surface area contributed by atoms with E-state index in [1.54, 1.807) is 0 Å². The third-order valence-electron chi connectivity index (χ3n) is 4.56. The average Bonchev–Trinajstić information content (AvgIpc) is 3.46. The van der Waals surface area contributed by atoms with Crippen molar-refractivity contribution in [2.24, 2.45) is 0 Å². The Morgan fingerprint density at radius 3 is 1.13 bits per heavy atom. The van der Waals surface area contributed by atoms with Gasteiger partial charge in [0.25, 0.3) is 0 Å². The molecule has 0 aromatic carbocycles. The van der Waals surface area contributed by atoms with Crippen LogP contribution in [0.3, 0.4) is 0 Å². The summed E-state index contributed by atoms with van der Waals surface area (Å²) in [7, 11) is 8.48. The van der Waals surface area contributed by atoms with Crippen molar-refractivity contribution in [2.45, 2.75) is 51.6 Å². The first-order valence-electron chi connectivity index (χ1n) is 11.6. The minimum atomic E-state index is 0. The van der Waals surface area contributed by atoms with Gasteiger partial charge in [-0.05, 0) is 0 Å². The van der Waals surface area contributed by atoms with Gasteiger partial charge in [0.05, 0.1) is 41.3 Å². The monoisotopic (exact) mass is 456 g/mol. The van der Waals surface area contributed by atoms with E-state index in [4.69, 9.17) is 0 Å². The second-order valence-corrected chi connectivity index (χ2v) is 8.49. The number of hydrogen-bond donors (Lipinski definition) is 2. The maximum Gasteiger partial charge on any atom is 2.00 e. The van der Waals surface area contributed by atoms with Crippen molar-refractivity contribution in [2.75, 3.05) is 54.4 Å². The number of quaternary nitrogens is 2. The smallest absolute Gasteiger partial charge is 0.663 e. The summed E-state index contributed by atoms with van der Waals surface area (Å²) in [5.74, 6) is 0. The molecule has 4 rings (SSSR count). The quantitative estimate of drug-likeness (QED) is 0.681. The molecule has 0 amide bonds. The minimum absolute atomic E-state index is 0. The molecule has 7 heteroatoms. The Bertz CT molecular complexity index is 486. The molecule has 2 fully saturated rings. The van der Waals surface area contributed by atoms with Crippen molar-refractivity contribution in [1.82, 2.24) is 9.97 Å². The van der Waals surface area contributed by atoms with E-state index in [-0.39, 0.29) is 37.7 Å². The van der Waals surface area contributed by atoms with Gasteiger partial charge < -0.3 is 30.4 Å². The minimum Gasteiger partial charge on any atom is -0.663 e. The molecule has 2 aliphatic rings. The van der Waals surface area contributed by atoms with E-state index in [1.807, 2.05) is 36.7 Å². The molecule has 31 heavy (non-hydrogen) atoms. The van der Waals surface area contributed by atoms with Gasteiger partial charge in [0.1, 0.15) is 0 Å². The Hall–Kier alpha value is -0.340. The van der Waals surface area contributed by atoms with E-state index in [1.165, 1.54) is 59.7 Å². The fourth-order valence-corrected chi connectivity index (χ4v) is 3.08. The summed E-state index contributed by atoms with van der Waals surface area (Å²) < 4.78 is 0. The van der Waals surface area contributed by atoms with Crippen LogP contribution in [0.1, 0.15) is 49.9 Å². The number of rotatable bonds is 4. The molecular weight excluding hydrogens is 412 g/mol. The van der Waals surface area contributed by atoms with Gasteiger partial charge in [0, 0.05) is 0 Å². The zero-order valence-corrected chi connectivity index (χ0v) is 22.7. The molecule has 172 valence electrons. The van der Waals surface area contributed by atoms with E-state index in [2.05, 4.69) is 48.8 Å². The molecule has 2 saturated heterocycles. The molecule has 6 nitrogen and oxygen atoms in total. The molecule has 0 spiro atoms. The third-order valence-corrected chi connectivity index (χ3v) is 4.56. The van der Waals surface area contributed by atoms with Crippen LogP contribution in [0.2, 0.25) is 0 Å². The summed E-state index contributed by atoms with van der Waals surface area (Å²) in [6, 6.07) is 8.04. The fraction of sp³-hybridized carbons (Fsp3) is 0.667. The molecule has 0 saturated carbocycles. The Labute approximate surface area is 220 Å². The third kappa shape index (κ3) is 20.0. The van der Waals surface area contributed by atoms with Crippen molar-refractivity contribution in [3.05, 3.63) is 58.7 Å². The van der Waals surface area contributed by atoms with Crippen LogP contribution >= 0.6 is 0 Å². The number of hydrogen-bond acceptors (Lipinski definition) is 0. The van der Waals surface area contributed by atoms with Crippen LogP contribution < -0.4 is 19.8 Å². The second kappa shape index (κ2) is 21.5. The maximum atomic E-state index is 4.18.